The maximum atomic E-state index is 10.6. The van der Waals surface area contributed by atoms with E-state index in [1.165, 1.54) is 11.1 Å². The van der Waals surface area contributed by atoms with Gasteiger partial charge in [-0.25, -0.2) is 0 Å². The number of carbonyl (C=O) groups is 1. The van der Waals surface area contributed by atoms with Gasteiger partial charge in [0.2, 0.25) is 0 Å². The standard InChI is InChI=1S/C12H16O2/c1-9-4-3-5-11(8-9)7-6-10(2)12(13)14/h3-5,8,10H,6-7H2,1-2H3,(H,13,14)/t10-/m1/s1. The van der Waals surface area contributed by atoms with Crippen molar-refractivity contribution in [2.75, 3.05) is 0 Å². The lowest BCUT2D eigenvalue weighted by Crippen LogP contribution is -2.10. The van der Waals surface area contributed by atoms with Gasteiger partial charge >= 0.3 is 5.97 Å². The molecule has 14 heavy (non-hydrogen) atoms. The molecule has 2 heteroatoms. The molecule has 0 aliphatic heterocycles. The quantitative estimate of drug-likeness (QED) is 0.796. The maximum absolute atomic E-state index is 10.6. The first kappa shape index (κ1) is 10.8. The zero-order valence-electron chi connectivity index (χ0n) is 8.66. The molecule has 2 nitrogen and oxygen atoms in total. The molecule has 0 aromatic heterocycles. The Labute approximate surface area is 84.6 Å². The van der Waals surface area contributed by atoms with Gasteiger partial charge in [-0.2, -0.15) is 0 Å². The first-order valence-corrected chi connectivity index (χ1v) is 4.88. The molecule has 0 bridgehead atoms. The smallest absolute Gasteiger partial charge is 0.306 e. The number of hydrogen-bond acceptors (Lipinski definition) is 1. The molecule has 0 amide bonds. The number of hydrogen-bond donors (Lipinski definition) is 1. The first-order valence-electron chi connectivity index (χ1n) is 4.88. The van der Waals surface area contributed by atoms with Crippen molar-refractivity contribution >= 4 is 5.97 Å². The molecule has 1 aromatic rings. The van der Waals surface area contributed by atoms with E-state index in [9.17, 15) is 4.79 Å². The van der Waals surface area contributed by atoms with Crippen LogP contribution in [-0.4, -0.2) is 11.1 Å². The summed E-state index contributed by atoms with van der Waals surface area (Å²) < 4.78 is 0. The summed E-state index contributed by atoms with van der Waals surface area (Å²) in [7, 11) is 0. The fraction of sp³-hybridized carbons (Fsp3) is 0.417. The third kappa shape index (κ3) is 3.21. The molecule has 1 N–H and O–H groups in total. The molecule has 0 aliphatic rings. The van der Waals surface area contributed by atoms with E-state index < -0.39 is 5.97 Å². The van der Waals surface area contributed by atoms with Gasteiger partial charge in [0.25, 0.3) is 0 Å². The van der Waals surface area contributed by atoms with Crippen molar-refractivity contribution in [3.8, 4) is 0 Å². The van der Waals surface area contributed by atoms with Crippen LogP contribution in [0, 0.1) is 12.8 Å². The maximum Gasteiger partial charge on any atom is 0.306 e. The summed E-state index contributed by atoms with van der Waals surface area (Å²) in [6.07, 6.45) is 1.55. The Balaban J connectivity index is 2.49. The first-order chi connectivity index (χ1) is 6.59. The highest BCUT2D eigenvalue weighted by atomic mass is 16.4. The largest absolute Gasteiger partial charge is 0.481 e. The Hall–Kier alpha value is -1.31. The minimum atomic E-state index is -0.711. The van der Waals surface area contributed by atoms with E-state index in [0.29, 0.717) is 6.42 Å². The topological polar surface area (TPSA) is 37.3 Å². The molecule has 0 unspecified atom stereocenters. The average molecular weight is 192 g/mol. The third-order valence-corrected chi connectivity index (χ3v) is 2.37. The van der Waals surface area contributed by atoms with Crippen LogP contribution in [0.1, 0.15) is 24.5 Å². The van der Waals surface area contributed by atoms with E-state index in [-0.39, 0.29) is 5.92 Å². The van der Waals surface area contributed by atoms with Crippen molar-refractivity contribution in [1.29, 1.82) is 0 Å². The van der Waals surface area contributed by atoms with Crippen molar-refractivity contribution in [3.05, 3.63) is 35.4 Å². The van der Waals surface area contributed by atoms with Gasteiger partial charge in [0.15, 0.2) is 0 Å². The minimum Gasteiger partial charge on any atom is -0.481 e. The number of aliphatic carboxylic acids is 1. The van der Waals surface area contributed by atoms with Gasteiger partial charge in [-0.1, -0.05) is 36.8 Å². The molecule has 76 valence electrons. The molecule has 0 spiro atoms. The fourth-order valence-corrected chi connectivity index (χ4v) is 1.37. The summed E-state index contributed by atoms with van der Waals surface area (Å²) in [6.45, 7) is 3.79. The van der Waals surface area contributed by atoms with Crippen molar-refractivity contribution in [2.45, 2.75) is 26.7 Å². The zero-order valence-corrected chi connectivity index (χ0v) is 8.66. The molecular weight excluding hydrogens is 176 g/mol. The lowest BCUT2D eigenvalue weighted by Gasteiger charge is -2.06. The van der Waals surface area contributed by atoms with Gasteiger partial charge in [0.1, 0.15) is 0 Å². The Kier molecular flexibility index (Phi) is 3.69. The van der Waals surface area contributed by atoms with E-state index in [2.05, 4.69) is 6.07 Å². The van der Waals surface area contributed by atoms with Gasteiger partial charge in [-0.15, -0.1) is 0 Å². The molecule has 1 aromatic carbocycles. The van der Waals surface area contributed by atoms with E-state index in [4.69, 9.17) is 5.11 Å². The lowest BCUT2D eigenvalue weighted by molar-refractivity contribution is -0.141. The van der Waals surface area contributed by atoms with Gasteiger partial charge in [0, 0.05) is 0 Å². The molecule has 1 rings (SSSR count). The number of carboxylic acid groups (broad SMARTS) is 1. The zero-order chi connectivity index (χ0) is 10.6. The van der Waals surface area contributed by atoms with Crippen LogP contribution < -0.4 is 0 Å². The monoisotopic (exact) mass is 192 g/mol. The Bertz CT molecular complexity index is 318. The second-order valence-corrected chi connectivity index (χ2v) is 3.77. The Morgan fingerprint density at radius 1 is 1.50 bits per heavy atom. The summed E-state index contributed by atoms with van der Waals surface area (Å²) in [4.78, 5) is 10.6. The Morgan fingerprint density at radius 3 is 2.79 bits per heavy atom. The summed E-state index contributed by atoms with van der Waals surface area (Å²) >= 11 is 0. The summed E-state index contributed by atoms with van der Waals surface area (Å²) in [5.41, 5.74) is 2.45. The summed E-state index contributed by atoms with van der Waals surface area (Å²) in [5, 5.41) is 8.71. The molecule has 0 heterocycles. The van der Waals surface area contributed by atoms with Crippen LogP contribution in [0.5, 0.6) is 0 Å². The number of carboxylic acids is 1. The molecule has 0 fully saturated rings. The van der Waals surface area contributed by atoms with Crippen molar-refractivity contribution in [1.82, 2.24) is 0 Å². The highest BCUT2D eigenvalue weighted by Crippen LogP contribution is 2.11. The normalized spacial score (nSPS) is 12.4. The highest BCUT2D eigenvalue weighted by molar-refractivity contribution is 5.69. The van der Waals surface area contributed by atoms with Gasteiger partial charge in [-0.05, 0) is 25.3 Å². The summed E-state index contributed by atoms with van der Waals surface area (Å²) in [6, 6.07) is 8.20. The van der Waals surface area contributed by atoms with E-state index in [1.54, 1.807) is 6.92 Å². The third-order valence-electron chi connectivity index (χ3n) is 2.37. The van der Waals surface area contributed by atoms with Crippen molar-refractivity contribution in [2.24, 2.45) is 5.92 Å². The molecule has 0 saturated carbocycles. The van der Waals surface area contributed by atoms with Gasteiger partial charge < -0.3 is 5.11 Å². The second kappa shape index (κ2) is 4.80. The van der Waals surface area contributed by atoms with Crippen LogP contribution in [0.2, 0.25) is 0 Å². The van der Waals surface area contributed by atoms with Gasteiger partial charge in [-0.3, -0.25) is 4.79 Å². The average Bonchev–Trinajstić information content (AvgIpc) is 2.14. The van der Waals surface area contributed by atoms with E-state index in [1.807, 2.05) is 25.1 Å². The predicted octanol–water partition coefficient (Wildman–Crippen LogP) is 2.65. The van der Waals surface area contributed by atoms with Crippen LogP contribution in [0.25, 0.3) is 0 Å². The predicted molar refractivity (Wildman–Crippen MR) is 56.3 cm³/mol. The Morgan fingerprint density at radius 2 is 2.21 bits per heavy atom. The number of rotatable bonds is 4. The minimum absolute atomic E-state index is 0.254. The lowest BCUT2D eigenvalue weighted by atomic mass is 10.0. The van der Waals surface area contributed by atoms with Crippen LogP contribution in [0.15, 0.2) is 24.3 Å². The summed E-state index contributed by atoms with van der Waals surface area (Å²) in [5.74, 6) is -0.965. The van der Waals surface area contributed by atoms with E-state index >= 15 is 0 Å². The van der Waals surface area contributed by atoms with Crippen LogP contribution in [0.3, 0.4) is 0 Å². The molecule has 0 saturated heterocycles. The molecular formula is C12H16O2. The molecule has 0 aliphatic carbocycles. The van der Waals surface area contributed by atoms with Crippen molar-refractivity contribution < 1.29 is 9.90 Å². The molecule has 0 radical (unpaired) electrons. The van der Waals surface area contributed by atoms with Crippen LogP contribution in [-0.2, 0) is 11.2 Å². The number of benzene rings is 1. The SMILES string of the molecule is Cc1cccc(CC[C@@H](C)C(=O)O)c1. The van der Waals surface area contributed by atoms with E-state index in [0.717, 1.165) is 6.42 Å². The van der Waals surface area contributed by atoms with Crippen molar-refractivity contribution in [3.63, 3.8) is 0 Å². The molecule has 1 atom stereocenters. The van der Waals surface area contributed by atoms with Crippen LogP contribution >= 0.6 is 0 Å². The highest BCUT2D eigenvalue weighted by Gasteiger charge is 2.10. The van der Waals surface area contributed by atoms with Gasteiger partial charge in [0.05, 0.1) is 5.92 Å². The fourth-order valence-electron chi connectivity index (χ4n) is 1.37. The second-order valence-electron chi connectivity index (χ2n) is 3.77. The number of aryl methyl sites for hydroxylation is 2. The van der Waals surface area contributed by atoms with Crippen LogP contribution in [0.4, 0.5) is 0 Å².